The minimum Gasteiger partial charge on any atom is -0.354 e. The van der Waals surface area contributed by atoms with E-state index in [0.29, 0.717) is 6.04 Å². The summed E-state index contributed by atoms with van der Waals surface area (Å²) in [5.41, 5.74) is 1.06. The number of benzene rings is 1. The maximum atomic E-state index is 13.1. The monoisotopic (exact) mass is 368 g/mol. The molecule has 3 heterocycles. The SMILES string of the molecule is Fc1ccc(-c2ccc(CNC3CCCN(c4cccnn4)C3)s2)cc1. The summed E-state index contributed by atoms with van der Waals surface area (Å²) in [7, 11) is 0. The first-order chi connectivity index (χ1) is 12.8. The molecule has 1 atom stereocenters. The summed E-state index contributed by atoms with van der Waals surface area (Å²) in [4.78, 5) is 4.76. The largest absolute Gasteiger partial charge is 0.354 e. The molecule has 2 aromatic heterocycles. The number of halogens is 1. The van der Waals surface area contributed by atoms with Crippen molar-refractivity contribution in [3.63, 3.8) is 0 Å². The minimum atomic E-state index is -0.197. The Hall–Kier alpha value is -2.31. The molecule has 134 valence electrons. The molecule has 1 N–H and O–H groups in total. The number of aromatic nitrogens is 2. The number of hydrogen-bond acceptors (Lipinski definition) is 5. The van der Waals surface area contributed by atoms with E-state index in [1.54, 1.807) is 17.5 Å². The second-order valence-corrected chi connectivity index (χ2v) is 7.69. The Kier molecular flexibility index (Phi) is 5.22. The molecule has 6 heteroatoms. The van der Waals surface area contributed by atoms with Crippen molar-refractivity contribution in [2.75, 3.05) is 18.0 Å². The lowest BCUT2D eigenvalue weighted by atomic mass is 10.1. The van der Waals surface area contributed by atoms with Gasteiger partial charge in [0.15, 0.2) is 5.82 Å². The van der Waals surface area contributed by atoms with Gasteiger partial charge in [-0.15, -0.1) is 16.4 Å². The average molecular weight is 368 g/mol. The van der Waals surface area contributed by atoms with Gasteiger partial charge in [-0.1, -0.05) is 12.1 Å². The highest BCUT2D eigenvalue weighted by molar-refractivity contribution is 7.15. The maximum Gasteiger partial charge on any atom is 0.151 e. The molecule has 0 saturated carbocycles. The van der Waals surface area contributed by atoms with Gasteiger partial charge in [0.1, 0.15) is 5.82 Å². The van der Waals surface area contributed by atoms with Crippen LogP contribution in [-0.4, -0.2) is 29.3 Å². The van der Waals surface area contributed by atoms with Gasteiger partial charge in [0.05, 0.1) is 0 Å². The van der Waals surface area contributed by atoms with Crippen LogP contribution in [0.5, 0.6) is 0 Å². The van der Waals surface area contributed by atoms with Crippen molar-refractivity contribution in [1.82, 2.24) is 15.5 Å². The maximum absolute atomic E-state index is 13.1. The van der Waals surface area contributed by atoms with Crippen molar-refractivity contribution in [2.45, 2.75) is 25.4 Å². The molecule has 3 aromatic rings. The number of anilines is 1. The molecule has 0 spiro atoms. The quantitative estimate of drug-likeness (QED) is 0.736. The molecule has 1 aliphatic heterocycles. The van der Waals surface area contributed by atoms with E-state index in [9.17, 15) is 4.39 Å². The lowest BCUT2D eigenvalue weighted by molar-refractivity contribution is 0.421. The Morgan fingerprint density at radius 2 is 2.04 bits per heavy atom. The molecule has 1 saturated heterocycles. The fraction of sp³-hybridized carbons (Fsp3) is 0.300. The number of thiophene rings is 1. The van der Waals surface area contributed by atoms with Crippen LogP contribution in [0.15, 0.2) is 54.7 Å². The Bertz CT molecular complexity index is 835. The van der Waals surface area contributed by atoms with Crippen LogP contribution in [-0.2, 0) is 6.54 Å². The fourth-order valence-electron chi connectivity index (χ4n) is 3.30. The molecule has 1 unspecified atom stereocenters. The standard InChI is InChI=1S/C20H21FN4S/c21-16-7-5-15(6-8-16)19-10-9-18(26-19)13-22-17-3-2-12-25(14-17)20-4-1-11-23-24-20/h1,4-11,17,22H,2-3,12-14H2. The summed E-state index contributed by atoms with van der Waals surface area (Å²) in [6, 6.07) is 15.3. The lowest BCUT2D eigenvalue weighted by Crippen LogP contribution is -2.45. The van der Waals surface area contributed by atoms with E-state index in [2.05, 4.69) is 32.5 Å². The first kappa shape index (κ1) is 17.1. The van der Waals surface area contributed by atoms with Crippen molar-refractivity contribution >= 4 is 17.2 Å². The Morgan fingerprint density at radius 1 is 1.15 bits per heavy atom. The molecule has 1 aromatic carbocycles. The third-order valence-electron chi connectivity index (χ3n) is 4.66. The van der Waals surface area contributed by atoms with Crippen LogP contribution in [0.3, 0.4) is 0 Å². The number of nitrogens with one attached hydrogen (secondary N) is 1. The van der Waals surface area contributed by atoms with Crippen LogP contribution in [0.25, 0.3) is 10.4 Å². The van der Waals surface area contributed by atoms with Gasteiger partial charge < -0.3 is 10.2 Å². The minimum absolute atomic E-state index is 0.197. The fourth-order valence-corrected chi connectivity index (χ4v) is 4.27. The predicted octanol–water partition coefficient (Wildman–Crippen LogP) is 4.10. The summed E-state index contributed by atoms with van der Waals surface area (Å²) in [5, 5.41) is 11.9. The topological polar surface area (TPSA) is 41.0 Å². The highest BCUT2D eigenvalue weighted by Crippen LogP contribution is 2.28. The highest BCUT2D eigenvalue weighted by Gasteiger charge is 2.20. The summed E-state index contributed by atoms with van der Waals surface area (Å²) in [5.74, 6) is 0.755. The predicted molar refractivity (Wildman–Crippen MR) is 104 cm³/mol. The summed E-state index contributed by atoms with van der Waals surface area (Å²) >= 11 is 1.76. The molecule has 0 aliphatic carbocycles. The summed E-state index contributed by atoms with van der Waals surface area (Å²) in [6.45, 7) is 2.84. The summed E-state index contributed by atoms with van der Waals surface area (Å²) < 4.78 is 13.1. The Morgan fingerprint density at radius 3 is 2.85 bits per heavy atom. The van der Waals surface area contributed by atoms with Crippen molar-refractivity contribution < 1.29 is 4.39 Å². The third kappa shape index (κ3) is 4.08. The molecule has 1 aliphatic rings. The summed E-state index contributed by atoms with van der Waals surface area (Å²) in [6.07, 6.45) is 4.03. The van der Waals surface area contributed by atoms with Gasteiger partial charge in [-0.3, -0.25) is 0 Å². The molecule has 4 rings (SSSR count). The van der Waals surface area contributed by atoms with Crippen molar-refractivity contribution in [3.05, 3.63) is 65.4 Å². The van der Waals surface area contributed by atoms with Gasteiger partial charge in [0.2, 0.25) is 0 Å². The third-order valence-corrected chi connectivity index (χ3v) is 5.79. The van der Waals surface area contributed by atoms with E-state index in [1.807, 2.05) is 24.3 Å². The van der Waals surface area contributed by atoms with E-state index in [0.717, 1.165) is 37.4 Å². The zero-order valence-electron chi connectivity index (χ0n) is 14.4. The van der Waals surface area contributed by atoms with Crippen molar-refractivity contribution in [1.29, 1.82) is 0 Å². The second-order valence-electron chi connectivity index (χ2n) is 6.52. The van der Waals surface area contributed by atoms with Gasteiger partial charge in [0, 0.05) is 41.6 Å². The highest BCUT2D eigenvalue weighted by atomic mass is 32.1. The molecular weight excluding hydrogens is 347 g/mol. The Balaban J connectivity index is 1.35. The van der Waals surface area contributed by atoms with E-state index in [4.69, 9.17) is 0 Å². The zero-order valence-corrected chi connectivity index (χ0v) is 15.3. The molecule has 0 radical (unpaired) electrons. The van der Waals surface area contributed by atoms with Gasteiger partial charge in [-0.05, 0) is 54.8 Å². The van der Waals surface area contributed by atoms with Crippen LogP contribution in [0.1, 0.15) is 17.7 Å². The molecular formula is C20H21FN4S. The molecule has 26 heavy (non-hydrogen) atoms. The first-order valence-corrected chi connectivity index (χ1v) is 9.70. The number of hydrogen-bond donors (Lipinski definition) is 1. The molecule has 0 bridgehead atoms. The van der Waals surface area contributed by atoms with E-state index in [-0.39, 0.29) is 5.82 Å². The van der Waals surface area contributed by atoms with Gasteiger partial charge >= 0.3 is 0 Å². The normalized spacial score (nSPS) is 17.4. The first-order valence-electron chi connectivity index (χ1n) is 8.88. The number of piperidine rings is 1. The number of nitrogens with zero attached hydrogens (tertiary/aromatic N) is 3. The van der Waals surface area contributed by atoms with Crippen LogP contribution >= 0.6 is 11.3 Å². The van der Waals surface area contributed by atoms with Crippen LogP contribution < -0.4 is 10.2 Å². The molecule has 4 nitrogen and oxygen atoms in total. The average Bonchev–Trinajstić information content (AvgIpc) is 3.17. The van der Waals surface area contributed by atoms with Gasteiger partial charge in [0.25, 0.3) is 0 Å². The van der Waals surface area contributed by atoms with Gasteiger partial charge in [-0.25, -0.2) is 4.39 Å². The van der Waals surface area contributed by atoms with Crippen molar-refractivity contribution in [2.24, 2.45) is 0 Å². The second kappa shape index (κ2) is 7.93. The van der Waals surface area contributed by atoms with Gasteiger partial charge in [-0.2, -0.15) is 5.10 Å². The van der Waals surface area contributed by atoms with Crippen molar-refractivity contribution in [3.8, 4) is 10.4 Å². The van der Waals surface area contributed by atoms with E-state index >= 15 is 0 Å². The molecule has 1 fully saturated rings. The lowest BCUT2D eigenvalue weighted by Gasteiger charge is -2.33. The van der Waals surface area contributed by atoms with E-state index < -0.39 is 0 Å². The van der Waals surface area contributed by atoms with Crippen LogP contribution in [0.2, 0.25) is 0 Å². The number of rotatable bonds is 5. The Labute approximate surface area is 156 Å². The zero-order chi connectivity index (χ0) is 17.8. The van der Waals surface area contributed by atoms with Crippen LogP contribution in [0, 0.1) is 5.82 Å². The smallest absolute Gasteiger partial charge is 0.151 e. The van der Waals surface area contributed by atoms with E-state index in [1.165, 1.54) is 28.3 Å². The molecule has 0 amide bonds. The van der Waals surface area contributed by atoms with Crippen LogP contribution in [0.4, 0.5) is 10.2 Å².